The van der Waals surface area contributed by atoms with E-state index in [-0.39, 0.29) is 52.8 Å². The topological polar surface area (TPSA) is 138 Å². The fourth-order valence-corrected chi connectivity index (χ4v) is 3.94. The summed E-state index contributed by atoms with van der Waals surface area (Å²) in [5, 5.41) is 20.1. The number of allylic oxidation sites excluding steroid dienone is 2. The van der Waals surface area contributed by atoms with Gasteiger partial charge in [-0.3, -0.25) is 4.98 Å². The normalized spacial score (nSPS) is 14.2. The van der Waals surface area contributed by atoms with Crippen molar-refractivity contribution >= 4 is 17.6 Å². The summed E-state index contributed by atoms with van der Waals surface area (Å²) in [5.74, 6) is 0.618. The van der Waals surface area contributed by atoms with E-state index in [0.29, 0.717) is 10.7 Å². The minimum absolute atomic E-state index is 0.0638. The van der Waals surface area contributed by atoms with Gasteiger partial charge in [-0.2, -0.15) is 10.5 Å². The van der Waals surface area contributed by atoms with Crippen LogP contribution >= 0.6 is 11.8 Å². The molecule has 1 fully saturated rings. The van der Waals surface area contributed by atoms with Gasteiger partial charge < -0.3 is 21.1 Å². The number of aromatic nitrogens is 2. The molecule has 12 heteroatoms. The molecule has 1 aliphatic rings. The number of nitrogens with two attached hydrogens (primary N) is 2. The molecular formula is C22H20F3N7OS. The third-order valence-corrected chi connectivity index (χ3v) is 5.72. The summed E-state index contributed by atoms with van der Waals surface area (Å²) >= 11 is 1.17. The fraction of sp³-hybridized carbons (Fsp3) is 0.273. The quantitative estimate of drug-likeness (QED) is 0.404. The summed E-state index contributed by atoms with van der Waals surface area (Å²) < 4.78 is 43.3. The highest BCUT2D eigenvalue weighted by molar-refractivity contribution is 7.99. The Morgan fingerprint density at radius 2 is 2.03 bits per heavy atom. The number of nitriles is 2. The molecular weight excluding hydrogens is 467 g/mol. The van der Waals surface area contributed by atoms with Gasteiger partial charge in [0.15, 0.2) is 0 Å². The maximum atomic E-state index is 13.6. The van der Waals surface area contributed by atoms with Gasteiger partial charge in [0.25, 0.3) is 6.43 Å². The molecule has 0 atom stereocenters. The number of nitrogens with zero attached hydrogens (tertiary/aromatic N) is 5. The van der Waals surface area contributed by atoms with Crippen molar-refractivity contribution in [3.05, 3.63) is 53.5 Å². The molecule has 0 amide bonds. The second kappa shape index (κ2) is 11.3. The van der Waals surface area contributed by atoms with Crippen LogP contribution in [0.3, 0.4) is 0 Å². The SMILES string of the molecule is N#Cc1c(SC/C(N)=C/C=C\N)nc(N2CC(F)C2)c(C#N)c1-c1ccc(OCC(F)F)cn1. The van der Waals surface area contributed by atoms with Crippen molar-refractivity contribution in [2.45, 2.75) is 17.6 Å². The molecule has 0 unspecified atom stereocenters. The lowest BCUT2D eigenvalue weighted by molar-refractivity contribution is 0.0817. The minimum Gasteiger partial charge on any atom is -0.486 e. The lowest BCUT2D eigenvalue weighted by Crippen LogP contribution is -2.49. The Labute approximate surface area is 198 Å². The van der Waals surface area contributed by atoms with Crippen molar-refractivity contribution in [2.24, 2.45) is 11.5 Å². The number of pyridine rings is 2. The van der Waals surface area contributed by atoms with Crippen LogP contribution in [0, 0.1) is 22.7 Å². The number of ether oxygens (including phenoxy) is 1. The Kier molecular flexibility index (Phi) is 8.22. The summed E-state index contributed by atoms with van der Waals surface area (Å²) in [6, 6.07) is 7.02. The molecule has 3 heterocycles. The molecule has 3 rings (SSSR count). The molecule has 2 aromatic heterocycles. The second-order valence-corrected chi connectivity index (χ2v) is 8.05. The van der Waals surface area contributed by atoms with E-state index in [1.807, 2.05) is 0 Å². The van der Waals surface area contributed by atoms with Gasteiger partial charge in [-0.05, 0) is 30.5 Å². The predicted molar refractivity (Wildman–Crippen MR) is 122 cm³/mol. The zero-order valence-electron chi connectivity index (χ0n) is 17.8. The molecule has 1 saturated heterocycles. The number of hydrogen-bond acceptors (Lipinski definition) is 9. The highest BCUT2D eigenvalue weighted by Crippen LogP contribution is 2.39. The van der Waals surface area contributed by atoms with Crippen LogP contribution in [0.2, 0.25) is 0 Å². The van der Waals surface area contributed by atoms with E-state index < -0.39 is 19.2 Å². The first kappa shape index (κ1) is 24.7. The van der Waals surface area contributed by atoms with Crippen LogP contribution in [0.15, 0.2) is 47.4 Å². The fourth-order valence-electron chi connectivity index (χ4n) is 3.10. The van der Waals surface area contributed by atoms with Gasteiger partial charge in [0.2, 0.25) is 0 Å². The van der Waals surface area contributed by atoms with Gasteiger partial charge in [-0.1, -0.05) is 11.8 Å². The van der Waals surface area contributed by atoms with Crippen LogP contribution in [0.5, 0.6) is 5.75 Å². The number of anilines is 1. The first-order chi connectivity index (χ1) is 16.4. The lowest BCUT2D eigenvalue weighted by Gasteiger charge is -2.36. The summed E-state index contributed by atoms with van der Waals surface area (Å²) in [6.45, 7) is -0.662. The van der Waals surface area contributed by atoms with Crippen LogP contribution in [0.4, 0.5) is 19.0 Å². The van der Waals surface area contributed by atoms with Gasteiger partial charge in [-0.25, -0.2) is 18.2 Å². The highest BCUT2D eigenvalue weighted by Gasteiger charge is 2.32. The third-order valence-electron chi connectivity index (χ3n) is 4.67. The molecule has 0 radical (unpaired) electrons. The molecule has 1 aliphatic heterocycles. The first-order valence-corrected chi connectivity index (χ1v) is 11.0. The third kappa shape index (κ3) is 5.71. The van der Waals surface area contributed by atoms with E-state index in [2.05, 4.69) is 22.1 Å². The molecule has 0 aromatic carbocycles. The van der Waals surface area contributed by atoms with Crippen molar-refractivity contribution in [2.75, 3.05) is 30.3 Å². The van der Waals surface area contributed by atoms with E-state index >= 15 is 0 Å². The minimum atomic E-state index is -2.64. The molecule has 8 nitrogen and oxygen atoms in total. The summed E-state index contributed by atoms with van der Waals surface area (Å²) in [5.41, 5.74) is 12.4. The maximum Gasteiger partial charge on any atom is 0.272 e. The standard InChI is InChI=1S/C22H20F3N7OS/c23-13-9-32(10-13)21-16(6-27)20(18-4-3-15(8-30-18)33-11-19(24)25)17(7-28)22(31-21)34-12-14(29)2-1-5-26/h1-5,8,13,19H,9-12,26,29H2/b5-1-,14-2-. The largest absolute Gasteiger partial charge is 0.486 e. The average Bonchev–Trinajstić information content (AvgIpc) is 2.82. The lowest BCUT2D eigenvalue weighted by atomic mass is 9.99. The number of halogens is 3. The van der Waals surface area contributed by atoms with E-state index in [9.17, 15) is 23.7 Å². The van der Waals surface area contributed by atoms with Crippen molar-refractivity contribution in [1.29, 1.82) is 10.5 Å². The number of hydrogen-bond donors (Lipinski definition) is 2. The smallest absolute Gasteiger partial charge is 0.272 e. The summed E-state index contributed by atoms with van der Waals surface area (Å²) in [4.78, 5) is 10.3. The van der Waals surface area contributed by atoms with Crippen LogP contribution in [-0.2, 0) is 0 Å². The van der Waals surface area contributed by atoms with Crippen molar-refractivity contribution in [1.82, 2.24) is 9.97 Å². The number of thioether (sulfide) groups is 1. The summed E-state index contributed by atoms with van der Waals surface area (Å²) in [7, 11) is 0. The number of rotatable bonds is 9. The number of alkyl halides is 3. The Bertz CT molecular complexity index is 1170. The zero-order chi connectivity index (χ0) is 24.7. The molecule has 176 valence electrons. The highest BCUT2D eigenvalue weighted by atomic mass is 32.2. The van der Waals surface area contributed by atoms with Crippen molar-refractivity contribution in [3.8, 4) is 29.1 Å². The molecule has 4 N–H and O–H groups in total. The molecule has 0 spiro atoms. The van der Waals surface area contributed by atoms with Gasteiger partial charge >= 0.3 is 0 Å². The average molecular weight is 488 g/mol. The van der Waals surface area contributed by atoms with E-state index in [1.54, 1.807) is 17.1 Å². The maximum absolute atomic E-state index is 13.6. The Balaban J connectivity index is 2.08. The van der Waals surface area contributed by atoms with E-state index in [1.165, 1.54) is 36.3 Å². The van der Waals surface area contributed by atoms with Gasteiger partial charge in [0.1, 0.15) is 47.1 Å². The Morgan fingerprint density at radius 3 is 2.59 bits per heavy atom. The van der Waals surface area contributed by atoms with Crippen LogP contribution in [0.25, 0.3) is 11.3 Å². The Hall–Kier alpha value is -3.90. The van der Waals surface area contributed by atoms with Gasteiger partial charge in [0.05, 0.1) is 30.5 Å². The monoisotopic (exact) mass is 487 g/mol. The van der Waals surface area contributed by atoms with Gasteiger partial charge in [0, 0.05) is 17.0 Å². The van der Waals surface area contributed by atoms with E-state index in [0.717, 1.165) is 0 Å². The van der Waals surface area contributed by atoms with Gasteiger partial charge in [-0.15, -0.1) is 0 Å². The molecule has 34 heavy (non-hydrogen) atoms. The van der Waals surface area contributed by atoms with Crippen molar-refractivity contribution in [3.63, 3.8) is 0 Å². The molecule has 0 saturated carbocycles. The second-order valence-electron chi connectivity index (χ2n) is 7.09. The predicted octanol–water partition coefficient (Wildman–Crippen LogP) is 3.10. The molecule has 0 aliphatic carbocycles. The van der Waals surface area contributed by atoms with E-state index in [4.69, 9.17) is 16.2 Å². The van der Waals surface area contributed by atoms with Crippen LogP contribution in [0.1, 0.15) is 11.1 Å². The zero-order valence-corrected chi connectivity index (χ0v) is 18.6. The van der Waals surface area contributed by atoms with Crippen LogP contribution in [-0.4, -0.2) is 48.0 Å². The summed E-state index contributed by atoms with van der Waals surface area (Å²) in [6.07, 6.45) is 2.03. The first-order valence-electron chi connectivity index (χ1n) is 9.98. The van der Waals surface area contributed by atoms with Crippen molar-refractivity contribution < 1.29 is 17.9 Å². The molecule has 2 aromatic rings. The Morgan fingerprint density at radius 1 is 1.29 bits per heavy atom. The van der Waals surface area contributed by atoms with Crippen LogP contribution < -0.4 is 21.1 Å². The molecule has 0 bridgehead atoms.